The van der Waals surface area contributed by atoms with Gasteiger partial charge in [-0.25, -0.2) is 4.79 Å². The van der Waals surface area contributed by atoms with Crippen LogP contribution in [0.3, 0.4) is 0 Å². The van der Waals surface area contributed by atoms with Crippen LogP contribution in [-0.2, 0) is 16.0 Å². The van der Waals surface area contributed by atoms with E-state index < -0.39 is 5.97 Å². The Hall–Kier alpha value is -3.43. The molecule has 1 aromatic heterocycles. The van der Waals surface area contributed by atoms with Gasteiger partial charge in [-0.15, -0.1) is 0 Å². The molecule has 4 rings (SSSR count). The fourth-order valence-electron chi connectivity index (χ4n) is 3.67. The Morgan fingerprint density at radius 1 is 1.09 bits per heavy atom. The number of rotatable bonds is 9. The lowest BCUT2D eigenvalue weighted by molar-refractivity contribution is 0.0383. The van der Waals surface area contributed by atoms with Crippen molar-refractivity contribution >= 4 is 22.8 Å². The number of morpholine rings is 1. The second kappa shape index (κ2) is 10.9. The lowest BCUT2D eigenvalue weighted by atomic mass is 10.1. The summed E-state index contributed by atoms with van der Waals surface area (Å²) in [6.45, 7) is 5.64. The topological polar surface area (TPSA) is 94.9 Å². The van der Waals surface area contributed by atoms with Gasteiger partial charge in [-0.1, -0.05) is 6.07 Å². The third-order valence-electron chi connectivity index (χ3n) is 5.48. The highest BCUT2D eigenvalue weighted by molar-refractivity contribution is 5.97. The summed E-state index contributed by atoms with van der Waals surface area (Å²) < 4.78 is 17.6. The number of carbonyl (C=O) groups is 2. The van der Waals surface area contributed by atoms with Crippen molar-refractivity contribution in [3.63, 3.8) is 0 Å². The van der Waals surface area contributed by atoms with Crippen LogP contribution in [-0.4, -0.2) is 79.7 Å². The van der Waals surface area contributed by atoms with Crippen molar-refractivity contribution < 1.29 is 23.8 Å². The Morgan fingerprint density at radius 3 is 2.76 bits per heavy atom. The molecule has 1 amide bonds. The molecule has 2 heterocycles. The first-order valence-electron chi connectivity index (χ1n) is 11.0. The minimum absolute atomic E-state index is 0.0910. The van der Waals surface area contributed by atoms with Crippen LogP contribution >= 0.6 is 0 Å². The summed E-state index contributed by atoms with van der Waals surface area (Å²) in [4.78, 5) is 26.5. The second-order valence-electron chi connectivity index (χ2n) is 7.74. The maximum atomic E-state index is 12.5. The number of benzene rings is 2. The number of amides is 1. The van der Waals surface area contributed by atoms with Crippen molar-refractivity contribution in [1.29, 1.82) is 0 Å². The van der Waals surface area contributed by atoms with Gasteiger partial charge in [0.05, 0.1) is 37.9 Å². The summed E-state index contributed by atoms with van der Waals surface area (Å²) in [5, 5.41) is 8.42. The highest BCUT2D eigenvalue weighted by Crippen LogP contribution is 2.16. The Morgan fingerprint density at radius 2 is 1.94 bits per heavy atom. The molecule has 0 bridgehead atoms. The molecule has 1 aliphatic heterocycles. The van der Waals surface area contributed by atoms with Gasteiger partial charge in [-0.2, -0.15) is 5.10 Å². The SMILES string of the molecule is COC(=O)c1cccc(OCCn2cc3cc(C(=O)NCCN4CCOCC4)ccc3n2)c1. The van der Waals surface area contributed by atoms with Gasteiger partial charge >= 0.3 is 5.97 Å². The zero-order chi connectivity index (χ0) is 23.0. The van der Waals surface area contributed by atoms with Gasteiger partial charge in [-0.3, -0.25) is 14.4 Å². The molecule has 9 heteroatoms. The minimum Gasteiger partial charge on any atom is -0.492 e. The van der Waals surface area contributed by atoms with Crippen LogP contribution in [0.5, 0.6) is 5.75 Å². The van der Waals surface area contributed by atoms with Gasteiger partial charge in [0.15, 0.2) is 0 Å². The minimum atomic E-state index is -0.403. The van der Waals surface area contributed by atoms with E-state index in [0.717, 1.165) is 43.8 Å². The summed E-state index contributed by atoms with van der Waals surface area (Å²) in [5.41, 5.74) is 1.86. The predicted octanol–water partition coefficient (Wildman–Crippen LogP) is 1.96. The molecule has 0 unspecified atom stereocenters. The average Bonchev–Trinajstić information content (AvgIpc) is 3.26. The summed E-state index contributed by atoms with van der Waals surface area (Å²) in [6.07, 6.45) is 1.90. The number of methoxy groups -OCH3 is 1. The zero-order valence-electron chi connectivity index (χ0n) is 18.7. The van der Waals surface area contributed by atoms with Crippen molar-refractivity contribution in [2.24, 2.45) is 0 Å². The first kappa shape index (κ1) is 22.8. The average molecular weight is 453 g/mol. The van der Waals surface area contributed by atoms with Crippen LogP contribution in [0.2, 0.25) is 0 Å². The van der Waals surface area contributed by atoms with Crippen LogP contribution in [0.25, 0.3) is 10.9 Å². The van der Waals surface area contributed by atoms with E-state index in [2.05, 4.69) is 15.3 Å². The number of aromatic nitrogens is 2. The molecule has 1 saturated heterocycles. The van der Waals surface area contributed by atoms with Crippen LogP contribution in [0.1, 0.15) is 20.7 Å². The monoisotopic (exact) mass is 452 g/mol. The molecule has 174 valence electrons. The van der Waals surface area contributed by atoms with Crippen molar-refractivity contribution in [3.8, 4) is 5.75 Å². The molecule has 0 aliphatic carbocycles. The molecular weight excluding hydrogens is 424 g/mol. The number of hydrogen-bond donors (Lipinski definition) is 1. The first-order chi connectivity index (χ1) is 16.1. The maximum Gasteiger partial charge on any atom is 0.337 e. The highest BCUT2D eigenvalue weighted by Gasteiger charge is 2.12. The van der Waals surface area contributed by atoms with Crippen LogP contribution in [0.15, 0.2) is 48.7 Å². The number of nitrogens with one attached hydrogen (secondary N) is 1. The molecular formula is C24H28N4O5. The highest BCUT2D eigenvalue weighted by atomic mass is 16.5. The Bertz CT molecular complexity index is 1110. The molecule has 0 radical (unpaired) electrons. The van der Waals surface area contributed by atoms with Crippen molar-refractivity contribution in [3.05, 3.63) is 59.8 Å². The zero-order valence-corrected chi connectivity index (χ0v) is 18.7. The summed E-state index contributed by atoms with van der Waals surface area (Å²) in [5.74, 6) is 0.0945. The number of nitrogens with zero attached hydrogens (tertiary/aromatic N) is 3. The van der Waals surface area contributed by atoms with Gasteiger partial charge in [0.1, 0.15) is 12.4 Å². The predicted molar refractivity (Wildman–Crippen MR) is 123 cm³/mol. The third-order valence-corrected chi connectivity index (χ3v) is 5.48. The van der Waals surface area contributed by atoms with Crippen molar-refractivity contribution in [2.75, 3.05) is 53.1 Å². The standard InChI is InChI=1S/C24H28N4O5/c1-31-24(30)19-3-2-4-21(16-19)33-14-11-28-17-20-15-18(5-6-22(20)26-28)23(29)25-7-8-27-9-12-32-13-10-27/h2-6,15-17H,7-14H2,1H3,(H,25,29). The molecule has 1 aliphatic rings. The second-order valence-corrected chi connectivity index (χ2v) is 7.74. The molecule has 33 heavy (non-hydrogen) atoms. The molecule has 0 saturated carbocycles. The maximum absolute atomic E-state index is 12.5. The lowest BCUT2D eigenvalue weighted by Crippen LogP contribution is -2.41. The number of fused-ring (bicyclic) bond motifs is 1. The van der Waals surface area contributed by atoms with Crippen LogP contribution < -0.4 is 10.1 Å². The van der Waals surface area contributed by atoms with Gasteiger partial charge in [0.2, 0.25) is 0 Å². The molecule has 1 fully saturated rings. The quantitative estimate of drug-likeness (QED) is 0.496. The number of esters is 1. The van der Waals surface area contributed by atoms with Crippen molar-refractivity contribution in [2.45, 2.75) is 6.54 Å². The van der Waals surface area contributed by atoms with E-state index in [1.54, 1.807) is 35.0 Å². The normalized spacial score (nSPS) is 14.2. The Kier molecular flexibility index (Phi) is 7.54. The Balaban J connectivity index is 1.29. The van der Waals surface area contributed by atoms with Crippen LogP contribution in [0, 0.1) is 0 Å². The van der Waals surface area contributed by atoms with E-state index in [9.17, 15) is 9.59 Å². The van der Waals surface area contributed by atoms with Gasteiger partial charge in [0.25, 0.3) is 5.91 Å². The van der Waals surface area contributed by atoms with E-state index in [0.29, 0.717) is 36.6 Å². The fourth-order valence-corrected chi connectivity index (χ4v) is 3.67. The first-order valence-corrected chi connectivity index (χ1v) is 11.0. The molecule has 9 nitrogen and oxygen atoms in total. The molecule has 0 spiro atoms. The van der Waals surface area contributed by atoms with Gasteiger partial charge in [0, 0.05) is 43.3 Å². The lowest BCUT2D eigenvalue weighted by Gasteiger charge is -2.26. The summed E-state index contributed by atoms with van der Waals surface area (Å²) in [6, 6.07) is 12.4. The molecule has 0 atom stereocenters. The molecule has 3 aromatic rings. The van der Waals surface area contributed by atoms with Gasteiger partial charge < -0.3 is 19.5 Å². The van der Waals surface area contributed by atoms with Crippen LogP contribution in [0.4, 0.5) is 0 Å². The summed E-state index contributed by atoms with van der Waals surface area (Å²) >= 11 is 0. The fraction of sp³-hybridized carbons (Fsp3) is 0.375. The van der Waals surface area contributed by atoms with E-state index in [1.807, 2.05) is 18.3 Å². The van der Waals surface area contributed by atoms with E-state index in [-0.39, 0.29) is 5.91 Å². The van der Waals surface area contributed by atoms with Crippen molar-refractivity contribution in [1.82, 2.24) is 20.0 Å². The van der Waals surface area contributed by atoms with E-state index in [1.165, 1.54) is 7.11 Å². The molecule has 1 N–H and O–H groups in total. The van der Waals surface area contributed by atoms with E-state index >= 15 is 0 Å². The largest absolute Gasteiger partial charge is 0.492 e. The summed E-state index contributed by atoms with van der Waals surface area (Å²) in [7, 11) is 1.35. The smallest absolute Gasteiger partial charge is 0.337 e. The number of carbonyl (C=O) groups excluding carboxylic acids is 2. The van der Waals surface area contributed by atoms with E-state index in [4.69, 9.17) is 14.2 Å². The number of ether oxygens (including phenoxy) is 3. The third kappa shape index (κ3) is 6.09. The number of hydrogen-bond acceptors (Lipinski definition) is 7. The van der Waals surface area contributed by atoms with Gasteiger partial charge in [-0.05, 0) is 36.4 Å². The molecule has 2 aromatic carbocycles. The Labute approximate surface area is 192 Å².